The average molecular weight is 321 g/mol. The van der Waals surface area contributed by atoms with Gasteiger partial charge >= 0.3 is 0 Å². The third-order valence-corrected chi connectivity index (χ3v) is 4.64. The van der Waals surface area contributed by atoms with Gasteiger partial charge in [-0.25, -0.2) is 0 Å². The summed E-state index contributed by atoms with van der Waals surface area (Å²) in [5, 5.41) is 2.94. The maximum Gasteiger partial charge on any atom is 0.251 e. The van der Waals surface area contributed by atoms with E-state index >= 15 is 0 Å². The van der Waals surface area contributed by atoms with Gasteiger partial charge in [-0.05, 0) is 48.6 Å². The lowest BCUT2D eigenvalue weighted by atomic mass is 10.0. The van der Waals surface area contributed by atoms with Gasteiger partial charge in [-0.15, -0.1) is 0 Å². The Morgan fingerprint density at radius 2 is 2.08 bits per heavy atom. The molecule has 122 valence electrons. The number of amides is 2. The summed E-state index contributed by atoms with van der Waals surface area (Å²) in [5.74, 6) is 0.303. The third-order valence-electron chi connectivity index (χ3n) is 4.64. The van der Waals surface area contributed by atoms with E-state index in [1.54, 1.807) is 12.4 Å². The van der Waals surface area contributed by atoms with E-state index in [4.69, 9.17) is 0 Å². The second-order valence-corrected chi connectivity index (χ2v) is 6.36. The van der Waals surface area contributed by atoms with Crippen molar-refractivity contribution in [2.75, 3.05) is 11.4 Å². The number of benzene rings is 1. The van der Waals surface area contributed by atoms with Crippen molar-refractivity contribution in [2.45, 2.75) is 25.8 Å². The molecule has 1 saturated carbocycles. The number of rotatable bonds is 4. The monoisotopic (exact) mass is 321 g/mol. The quantitative estimate of drug-likeness (QED) is 0.940. The van der Waals surface area contributed by atoms with E-state index in [0.717, 1.165) is 36.1 Å². The highest BCUT2D eigenvalue weighted by molar-refractivity contribution is 6.02. The maximum atomic E-state index is 12.6. The number of nitrogens with zero attached hydrogens (tertiary/aromatic N) is 2. The van der Waals surface area contributed by atoms with E-state index in [0.29, 0.717) is 18.7 Å². The summed E-state index contributed by atoms with van der Waals surface area (Å²) in [6.45, 7) is 1.12. The molecule has 1 aliphatic heterocycles. The van der Waals surface area contributed by atoms with Crippen LogP contribution in [-0.2, 0) is 17.8 Å². The lowest BCUT2D eigenvalue weighted by Crippen LogP contribution is -2.30. The van der Waals surface area contributed by atoms with E-state index in [1.807, 2.05) is 35.2 Å². The molecule has 1 aromatic heterocycles. The van der Waals surface area contributed by atoms with Gasteiger partial charge in [-0.2, -0.15) is 0 Å². The number of nitrogens with one attached hydrogen (secondary N) is 1. The SMILES string of the molecule is O=C(NCc1cccnc1)c1cccc2c1CCN2C(=O)C1CC1. The highest BCUT2D eigenvalue weighted by atomic mass is 16.2. The molecule has 1 fully saturated rings. The van der Waals surface area contributed by atoms with Crippen molar-refractivity contribution in [1.29, 1.82) is 0 Å². The highest BCUT2D eigenvalue weighted by Gasteiger charge is 2.37. The van der Waals surface area contributed by atoms with Crippen LogP contribution in [0.5, 0.6) is 0 Å². The van der Waals surface area contributed by atoms with Crippen LogP contribution in [-0.4, -0.2) is 23.3 Å². The zero-order chi connectivity index (χ0) is 16.5. The number of fused-ring (bicyclic) bond motifs is 1. The number of aromatic nitrogens is 1. The Bertz CT molecular complexity index is 784. The normalized spacial score (nSPS) is 15.9. The average Bonchev–Trinajstić information content (AvgIpc) is 3.38. The lowest BCUT2D eigenvalue weighted by molar-refractivity contribution is -0.119. The molecule has 1 aromatic carbocycles. The highest BCUT2D eigenvalue weighted by Crippen LogP contribution is 2.37. The predicted octanol–water partition coefficient (Wildman–Crippen LogP) is 2.31. The molecule has 0 unspecified atom stereocenters. The van der Waals surface area contributed by atoms with Crippen LogP contribution in [0.15, 0.2) is 42.7 Å². The molecule has 1 aliphatic carbocycles. The Labute approximate surface area is 140 Å². The molecule has 4 rings (SSSR count). The molecule has 5 nitrogen and oxygen atoms in total. The predicted molar refractivity (Wildman–Crippen MR) is 90.6 cm³/mol. The van der Waals surface area contributed by atoms with Gasteiger partial charge in [-0.1, -0.05) is 12.1 Å². The Kier molecular flexibility index (Phi) is 3.76. The Balaban J connectivity index is 1.52. The van der Waals surface area contributed by atoms with Crippen molar-refractivity contribution in [1.82, 2.24) is 10.3 Å². The summed E-state index contributed by atoms with van der Waals surface area (Å²) in [5.41, 5.74) is 3.52. The van der Waals surface area contributed by atoms with Crippen LogP contribution in [0.2, 0.25) is 0 Å². The fourth-order valence-electron chi connectivity index (χ4n) is 3.21. The molecule has 1 N–H and O–H groups in total. The van der Waals surface area contributed by atoms with E-state index in [-0.39, 0.29) is 17.7 Å². The molecule has 2 amide bonds. The van der Waals surface area contributed by atoms with E-state index in [9.17, 15) is 9.59 Å². The summed E-state index contributed by atoms with van der Waals surface area (Å²) in [6, 6.07) is 9.42. The van der Waals surface area contributed by atoms with Crippen LogP contribution in [0.4, 0.5) is 5.69 Å². The van der Waals surface area contributed by atoms with E-state index in [1.165, 1.54) is 0 Å². The minimum Gasteiger partial charge on any atom is -0.348 e. The smallest absolute Gasteiger partial charge is 0.251 e. The number of carbonyl (C=O) groups is 2. The first-order valence-electron chi connectivity index (χ1n) is 8.34. The van der Waals surface area contributed by atoms with Crippen molar-refractivity contribution in [3.05, 3.63) is 59.4 Å². The number of hydrogen-bond donors (Lipinski definition) is 1. The van der Waals surface area contributed by atoms with Gasteiger partial charge in [0.05, 0.1) is 0 Å². The third kappa shape index (κ3) is 2.77. The molecular formula is C19H19N3O2. The first-order valence-corrected chi connectivity index (χ1v) is 8.34. The van der Waals surface area contributed by atoms with Crippen molar-refractivity contribution in [3.8, 4) is 0 Å². The molecule has 2 aliphatic rings. The van der Waals surface area contributed by atoms with Crippen LogP contribution in [0.1, 0.15) is 34.3 Å². The number of pyridine rings is 1. The lowest BCUT2D eigenvalue weighted by Gasteiger charge is -2.17. The molecule has 5 heteroatoms. The summed E-state index contributed by atoms with van der Waals surface area (Å²) < 4.78 is 0. The molecular weight excluding hydrogens is 302 g/mol. The molecule has 0 spiro atoms. The van der Waals surface area contributed by atoms with Crippen LogP contribution >= 0.6 is 0 Å². The minimum absolute atomic E-state index is 0.101. The van der Waals surface area contributed by atoms with Crippen molar-refractivity contribution < 1.29 is 9.59 Å². The molecule has 2 aromatic rings. The first-order chi connectivity index (χ1) is 11.7. The minimum atomic E-state index is -0.101. The van der Waals surface area contributed by atoms with Gasteiger partial charge < -0.3 is 10.2 Å². The van der Waals surface area contributed by atoms with Crippen LogP contribution in [0.3, 0.4) is 0 Å². The van der Waals surface area contributed by atoms with Gasteiger partial charge in [0, 0.05) is 42.7 Å². The standard InChI is InChI=1S/C19H19N3O2/c23-18(21-12-13-3-2-9-20-11-13)16-4-1-5-17-15(16)8-10-22(17)19(24)14-6-7-14/h1-5,9,11,14H,6-8,10,12H2,(H,21,23). The summed E-state index contributed by atoms with van der Waals surface area (Å²) in [7, 11) is 0. The largest absolute Gasteiger partial charge is 0.348 e. The van der Waals surface area contributed by atoms with Crippen LogP contribution in [0, 0.1) is 5.92 Å². The number of anilines is 1. The van der Waals surface area contributed by atoms with Gasteiger partial charge in [0.25, 0.3) is 5.91 Å². The zero-order valence-electron chi connectivity index (χ0n) is 13.4. The molecule has 0 bridgehead atoms. The Morgan fingerprint density at radius 1 is 1.21 bits per heavy atom. The Hall–Kier alpha value is -2.69. The second kappa shape index (κ2) is 6.07. The molecule has 0 atom stereocenters. The van der Waals surface area contributed by atoms with Crippen molar-refractivity contribution >= 4 is 17.5 Å². The van der Waals surface area contributed by atoms with Crippen molar-refractivity contribution in [2.24, 2.45) is 5.92 Å². The van der Waals surface area contributed by atoms with Crippen molar-refractivity contribution in [3.63, 3.8) is 0 Å². The zero-order valence-corrected chi connectivity index (χ0v) is 13.4. The summed E-state index contributed by atoms with van der Waals surface area (Å²) >= 11 is 0. The van der Waals surface area contributed by atoms with Crippen LogP contribution in [0.25, 0.3) is 0 Å². The van der Waals surface area contributed by atoms with Gasteiger partial charge in [0.1, 0.15) is 0 Å². The number of carbonyl (C=O) groups excluding carboxylic acids is 2. The molecule has 2 heterocycles. The number of hydrogen-bond acceptors (Lipinski definition) is 3. The fraction of sp³-hybridized carbons (Fsp3) is 0.316. The topological polar surface area (TPSA) is 62.3 Å². The van der Waals surface area contributed by atoms with Crippen LogP contribution < -0.4 is 10.2 Å². The Morgan fingerprint density at radius 3 is 2.83 bits per heavy atom. The fourth-order valence-corrected chi connectivity index (χ4v) is 3.21. The van der Waals surface area contributed by atoms with Gasteiger partial charge in [0.2, 0.25) is 5.91 Å². The second-order valence-electron chi connectivity index (χ2n) is 6.36. The summed E-state index contributed by atoms with van der Waals surface area (Å²) in [6.07, 6.45) is 6.18. The molecule has 24 heavy (non-hydrogen) atoms. The van der Waals surface area contributed by atoms with E-state index in [2.05, 4.69) is 10.3 Å². The van der Waals surface area contributed by atoms with Gasteiger partial charge in [0.15, 0.2) is 0 Å². The first kappa shape index (κ1) is 14.9. The summed E-state index contributed by atoms with van der Waals surface area (Å²) in [4.78, 5) is 30.8. The maximum absolute atomic E-state index is 12.6. The van der Waals surface area contributed by atoms with Gasteiger partial charge in [-0.3, -0.25) is 14.6 Å². The van der Waals surface area contributed by atoms with E-state index < -0.39 is 0 Å². The molecule has 0 radical (unpaired) electrons. The molecule has 0 saturated heterocycles.